The number of ketones is 1. The fraction of sp³-hybridized carbons (Fsp3) is 0.318. The molecular weight excluding hydrogens is 426 g/mol. The third kappa shape index (κ3) is 4.12. The summed E-state index contributed by atoms with van der Waals surface area (Å²) < 4.78 is 0. The molecule has 1 aromatic carbocycles. The number of carbonyl (C=O) groups excluding carboxylic acids is 1. The Labute approximate surface area is 188 Å². The summed E-state index contributed by atoms with van der Waals surface area (Å²) in [6, 6.07) is 9.52. The van der Waals surface area contributed by atoms with E-state index in [1.807, 2.05) is 30.3 Å². The molecule has 1 aliphatic heterocycles. The molecule has 0 saturated carbocycles. The molecule has 0 aliphatic carbocycles. The normalized spacial score (nSPS) is 14.7. The standard InChI is InChI=1S/C22H21N7O2S/c1-2-17-13-18-21(23-15-24-22(18)32-17)28-10-8-27(9-11-28)14-16(30)7-12-31-29-20-6-4-3-5-19(20)25-26-29/h1,3-6,13,15H,7-12,14H2. The summed E-state index contributed by atoms with van der Waals surface area (Å²) in [7, 11) is 0. The predicted octanol–water partition coefficient (Wildman–Crippen LogP) is 1.63. The number of nitrogens with zero attached hydrogens (tertiary/aromatic N) is 7. The second kappa shape index (κ2) is 8.90. The van der Waals surface area contributed by atoms with Crippen molar-refractivity contribution in [2.75, 3.05) is 44.2 Å². The van der Waals surface area contributed by atoms with E-state index < -0.39 is 0 Å². The zero-order chi connectivity index (χ0) is 21.9. The van der Waals surface area contributed by atoms with Gasteiger partial charge in [-0.15, -0.1) is 22.9 Å². The molecule has 0 bridgehead atoms. The van der Waals surface area contributed by atoms with E-state index >= 15 is 0 Å². The molecule has 0 atom stereocenters. The second-order valence-electron chi connectivity index (χ2n) is 7.51. The highest BCUT2D eigenvalue weighted by molar-refractivity contribution is 7.19. The molecule has 0 unspecified atom stereocenters. The maximum atomic E-state index is 12.4. The number of carbonyl (C=O) groups is 1. The van der Waals surface area contributed by atoms with Gasteiger partial charge in [0.05, 0.1) is 16.8 Å². The van der Waals surface area contributed by atoms with Crippen LogP contribution < -0.4 is 9.74 Å². The predicted molar refractivity (Wildman–Crippen MR) is 123 cm³/mol. The van der Waals surface area contributed by atoms with E-state index in [-0.39, 0.29) is 12.4 Å². The van der Waals surface area contributed by atoms with Crippen molar-refractivity contribution >= 4 is 44.2 Å². The van der Waals surface area contributed by atoms with Crippen LogP contribution in [0.4, 0.5) is 5.82 Å². The van der Waals surface area contributed by atoms with E-state index in [0.29, 0.717) is 13.0 Å². The monoisotopic (exact) mass is 447 g/mol. The molecule has 0 N–H and O–H groups in total. The molecule has 5 rings (SSSR count). The number of terminal acetylenes is 1. The van der Waals surface area contributed by atoms with E-state index in [4.69, 9.17) is 11.3 Å². The number of piperazine rings is 1. The molecule has 32 heavy (non-hydrogen) atoms. The van der Waals surface area contributed by atoms with E-state index in [9.17, 15) is 4.79 Å². The molecule has 1 fully saturated rings. The van der Waals surface area contributed by atoms with Gasteiger partial charge in [-0.25, -0.2) is 9.97 Å². The Morgan fingerprint density at radius 1 is 1.19 bits per heavy atom. The molecule has 0 radical (unpaired) electrons. The fourth-order valence-corrected chi connectivity index (χ4v) is 4.61. The van der Waals surface area contributed by atoms with Gasteiger partial charge in [0.1, 0.15) is 40.4 Å². The highest BCUT2D eigenvalue weighted by atomic mass is 32.1. The van der Waals surface area contributed by atoms with Crippen LogP contribution in [0.3, 0.4) is 0 Å². The molecule has 0 spiro atoms. The Balaban J connectivity index is 1.11. The van der Waals surface area contributed by atoms with Gasteiger partial charge in [-0.3, -0.25) is 9.69 Å². The van der Waals surface area contributed by atoms with Crippen LogP contribution >= 0.6 is 11.3 Å². The molecule has 162 valence electrons. The molecule has 1 aliphatic rings. The summed E-state index contributed by atoms with van der Waals surface area (Å²) >= 11 is 1.50. The van der Waals surface area contributed by atoms with Crippen LogP contribution in [0.25, 0.3) is 21.3 Å². The highest BCUT2D eigenvalue weighted by Gasteiger charge is 2.22. The van der Waals surface area contributed by atoms with Crippen LogP contribution in [0.2, 0.25) is 0 Å². The van der Waals surface area contributed by atoms with Crippen LogP contribution in [0.1, 0.15) is 11.3 Å². The number of hydrogen-bond acceptors (Lipinski definition) is 9. The lowest BCUT2D eigenvalue weighted by atomic mass is 10.2. The van der Waals surface area contributed by atoms with Crippen molar-refractivity contribution in [1.29, 1.82) is 0 Å². The van der Waals surface area contributed by atoms with Gasteiger partial charge < -0.3 is 9.74 Å². The Bertz CT molecular complexity index is 1300. The first-order valence-electron chi connectivity index (χ1n) is 10.3. The molecule has 0 amide bonds. The van der Waals surface area contributed by atoms with Gasteiger partial charge in [0.2, 0.25) is 0 Å². The van der Waals surface area contributed by atoms with E-state index in [0.717, 1.165) is 58.1 Å². The summed E-state index contributed by atoms with van der Waals surface area (Å²) in [5, 5.41) is 9.00. The van der Waals surface area contributed by atoms with Gasteiger partial charge in [-0.2, -0.15) is 0 Å². The lowest BCUT2D eigenvalue weighted by Gasteiger charge is -2.35. The van der Waals surface area contributed by atoms with Gasteiger partial charge in [0.15, 0.2) is 0 Å². The Hall–Kier alpha value is -3.55. The lowest BCUT2D eigenvalue weighted by Crippen LogP contribution is -2.48. The number of rotatable bonds is 7. The van der Waals surface area contributed by atoms with Gasteiger partial charge in [-0.05, 0) is 23.4 Å². The highest BCUT2D eigenvalue weighted by Crippen LogP contribution is 2.30. The van der Waals surface area contributed by atoms with Crippen LogP contribution in [-0.2, 0) is 4.79 Å². The van der Waals surface area contributed by atoms with Crippen molar-refractivity contribution in [3.63, 3.8) is 0 Å². The maximum Gasteiger partial charge on any atom is 0.150 e. The number of para-hydroxylation sites is 1. The average Bonchev–Trinajstić information content (AvgIpc) is 3.43. The van der Waals surface area contributed by atoms with Crippen molar-refractivity contribution in [2.24, 2.45) is 0 Å². The number of aromatic nitrogens is 5. The van der Waals surface area contributed by atoms with Crippen molar-refractivity contribution in [1.82, 2.24) is 30.0 Å². The minimum Gasteiger partial charge on any atom is -0.395 e. The second-order valence-corrected chi connectivity index (χ2v) is 8.54. The third-order valence-electron chi connectivity index (χ3n) is 5.44. The van der Waals surface area contributed by atoms with Crippen LogP contribution in [0, 0.1) is 12.3 Å². The first-order chi connectivity index (χ1) is 15.7. The minimum atomic E-state index is 0.142. The summed E-state index contributed by atoms with van der Waals surface area (Å²) in [6.07, 6.45) is 7.45. The number of Topliss-reactive ketones (excluding diaryl/α,β-unsaturated/α-hetero) is 1. The van der Waals surface area contributed by atoms with Gasteiger partial charge >= 0.3 is 0 Å². The summed E-state index contributed by atoms with van der Waals surface area (Å²) in [6.45, 7) is 3.84. The first kappa shape index (κ1) is 20.4. The number of thiophene rings is 1. The van der Waals surface area contributed by atoms with Crippen molar-refractivity contribution in [3.8, 4) is 12.3 Å². The van der Waals surface area contributed by atoms with Crippen LogP contribution in [0.15, 0.2) is 36.7 Å². The van der Waals surface area contributed by atoms with Crippen molar-refractivity contribution < 1.29 is 9.63 Å². The SMILES string of the molecule is C#Cc1cc2c(N3CCN(CC(=O)CCOn4nnc5ccccc54)CC3)ncnc2s1. The Morgan fingerprint density at radius 3 is 2.88 bits per heavy atom. The van der Waals surface area contributed by atoms with E-state index in [2.05, 4.69) is 36.0 Å². The number of benzene rings is 1. The maximum absolute atomic E-state index is 12.4. The van der Waals surface area contributed by atoms with Crippen LogP contribution in [0.5, 0.6) is 0 Å². The average molecular weight is 448 g/mol. The van der Waals surface area contributed by atoms with Crippen LogP contribution in [-0.4, -0.2) is 75.1 Å². The number of hydrogen-bond donors (Lipinski definition) is 0. The third-order valence-corrected chi connectivity index (χ3v) is 6.41. The van der Waals surface area contributed by atoms with Gasteiger partial charge in [0.25, 0.3) is 0 Å². The summed E-state index contributed by atoms with van der Waals surface area (Å²) in [5.41, 5.74) is 1.55. The summed E-state index contributed by atoms with van der Waals surface area (Å²) in [4.78, 5) is 34.4. The fourth-order valence-electron chi connectivity index (χ4n) is 3.80. The molecule has 3 aromatic heterocycles. The Morgan fingerprint density at radius 2 is 2.03 bits per heavy atom. The Kier molecular flexibility index (Phi) is 5.66. The number of anilines is 1. The van der Waals surface area contributed by atoms with Gasteiger partial charge in [-0.1, -0.05) is 22.9 Å². The molecule has 1 saturated heterocycles. The van der Waals surface area contributed by atoms with Crippen molar-refractivity contribution in [2.45, 2.75) is 6.42 Å². The molecule has 4 heterocycles. The quantitative estimate of drug-likeness (QED) is 0.395. The van der Waals surface area contributed by atoms with Gasteiger partial charge in [0, 0.05) is 32.6 Å². The minimum absolute atomic E-state index is 0.142. The molecular formula is C22H21N7O2S. The zero-order valence-electron chi connectivity index (χ0n) is 17.3. The molecule has 10 heteroatoms. The summed E-state index contributed by atoms with van der Waals surface area (Å²) in [5.74, 6) is 3.73. The topological polar surface area (TPSA) is 89.3 Å². The number of fused-ring (bicyclic) bond motifs is 2. The largest absolute Gasteiger partial charge is 0.395 e. The lowest BCUT2D eigenvalue weighted by molar-refractivity contribution is -0.121. The van der Waals surface area contributed by atoms with E-state index in [1.54, 1.807) is 6.33 Å². The first-order valence-corrected chi connectivity index (χ1v) is 11.2. The van der Waals surface area contributed by atoms with E-state index in [1.165, 1.54) is 16.2 Å². The smallest absolute Gasteiger partial charge is 0.150 e. The molecule has 9 nitrogen and oxygen atoms in total. The zero-order valence-corrected chi connectivity index (χ0v) is 18.2. The molecule has 4 aromatic rings. The van der Waals surface area contributed by atoms with Crippen molar-refractivity contribution in [3.05, 3.63) is 41.5 Å².